The van der Waals surface area contributed by atoms with E-state index in [1.807, 2.05) is 30.3 Å². The van der Waals surface area contributed by atoms with Crippen LogP contribution in [0.15, 0.2) is 76.5 Å². The Hall–Kier alpha value is -1.91. The summed E-state index contributed by atoms with van der Waals surface area (Å²) in [7, 11) is -3.41. The first-order valence-electron chi connectivity index (χ1n) is 8.93. The summed E-state index contributed by atoms with van der Waals surface area (Å²) in [6.07, 6.45) is 5.47. The standard InChI is InChI=1S/C21H23NO2S/c23-25(24,19-11-5-2-6-12-19)20-14-18-10-7-13-21(18)22(16-20)15-17-8-3-1-4-9-17/h1-6,8-9,11-12,14,18,21H,7,10,13,15-16H2/t18-,21+/m1/s1. The van der Waals surface area contributed by atoms with Crippen LogP contribution in [-0.2, 0) is 16.4 Å². The highest BCUT2D eigenvalue weighted by Gasteiger charge is 2.38. The van der Waals surface area contributed by atoms with Crippen LogP contribution in [0.1, 0.15) is 24.8 Å². The third-order valence-electron chi connectivity index (χ3n) is 5.39. The highest BCUT2D eigenvalue weighted by atomic mass is 32.2. The van der Waals surface area contributed by atoms with E-state index in [0.29, 0.717) is 28.3 Å². The van der Waals surface area contributed by atoms with Gasteiger partial charge in [-0.25, -0.2) is 8.42 Å². The van der Waals surface area contributed by atoms with E-state index in [9.17, 15) is 8.42 Å². The molecule has 0 aromatic heterocycles. The van der Waals surface area contributed by atoms with E-state index in [1.54, 1.807) is 24.3 Å². The highest BCUT2D eigenvalue weighted by Crippen LogP contribution is 2.38. The predicted octanol–water partition coefficient (Wildman–Crippen LogP) is 4.03. The Morgan fingerprint density at radius 2 is 1.60 bits per heavy atom. The molecule has 1 aliphatic carbocycles. The number of hydrogen-bond donors (Lipinski definition) is 0. The van der Waals surface area contributed by atoms with Crippen LogP contribution in [0.2, 0.25) is 0 Å². The summed E-state index contributed by atoms with van der Waals surface area (Å²) in [5, 5.41) is 0. The fourth-order valence-electron chi connectivity index (χ4n) is 4.14. The third kappa shape index (κ3) is 3.29. The molecule has 1 saturated carbocycles. The molecule has 0 amide bonds. The molecule has 1 heterocycles. The fourth-order valence-corrected chi connectivity index (χ4v) is 5.65. The van der Waals surface area contributed by atoms with Gasteiger partial charge >= 0.3 is 0 Å². The van der Waals surface area contributed by atoms with Gasteiger partial charge in [0.15, 0.2) is 0 Å². The summed E-state index contributed by atoms with van der Waals surface area (Å²) in [5.41, 5.74) is 1.24. The maximum absolute atomic E-state index is 13.1. The molecular weight excluding hydrogens is 330 g/mol. The normalized spacial score (nSPS) is 23.9. The molecule has 25 heavy (non-hydrogen) atoms. The summed E-state index contributed by atoms with van der Waals surface area (Å²) < 4.78 is 26.2. The van der Waals surface area contributed by atoms with Crippen molar-refractivity contribution in [3.8, 4) is 0 Å². The Bertz CT molecular complexity index is 859. The van der Waals surface area contributed by atoms with Gasteiger partial charge in [-0.15, -0.1) is 0 Å². The minimum atomic E-state index is -3.41. The largest absolute Gasteiger partial charge is 0.291 e. The molecule has 0 spiro atoms. The topological polar surface area (TPSA) is 37.4 Å². The molecule has 4 heteroatoms. The van der Waals surface area contributed by atoms with Gasteiger partial charge in [-0.2, -0.15) is 0 Å². The Balaban J connectivity index is 1.65. The van der Waals surface area contributed by atoms with Gasteiger partial charge in [0.05, 0.1) is 9.80 Å². The highest BCUT2D eigenvalue weighted by molar-refractivity contribution is 7.95. The SMILES string of the molecule is O=S(=O)(C1=C[C@H]2CCC[C@@H]2N(Cc2ccccc2)C1)c1ccccc1. The molecule has 2 aromatic rings. The van der Waals surface area contributed by atoms with Crippen LogP contribution in [-0.4, -0.2) is 25.9 Å². The molecule has 0 radical (unpaired) electrons. The monoisotopic (exact) mass is 353 g/mol. The van der Waals surface area contributed by atoms with Crippen molar-refractivity contribution in [2.75, 3.05) is 6.54 Å². The second-order valence-electron chi connectivity index (χ2n) is 7.00. The minimum Gasteiger partial charge on any atom is -0.291 e. The van der Waals surface area contributed by atoms with Crippen LogP contribution in [0.25, 0.3) is 0 Å². The van der Waals surface area contributed by atoms with Crippen molar-refractivity contribution in [1.29, 1.82) is 0 Å². The van der Waals surface area contributed by atoms with E-state index in [1.165, 1.54) is 12.0 Å². The molecule has 3 nitrogen and oxygen atoms in total. The Labute approximate surface area is 149 Å². The quantitative estimate of drug-likeness (QED) is 0.833. The van der Waals surface area contributed by atoms with Gasteiger partial charge in [0.1, 0.15) is 0 Å². The first kappa shape index (κ1) is 16.6. The van der Waals surface area contributed by atoms with E-state index in [4.69, 9.17) is 0 Å². The van der Waals surface area contributed by atoms with Crippen LogP contribution in [0.5, 0.6) is 0 Å². The summed E-state index contributed by atoms with van der Waals surface area (Å²) in [6.45, 7) is 1.32. The van der Waals surface area contributed by atoms with Crippen LogP contribution in [0.4, 0.5) is 0 Å². The van der Waals surface area contributed by atoms with Crippen molar-refractivity contribution >= 4 is 9.84 Å². The van der Waals surface area contributed by atoms with Crippen molar-refractivity contribution in [3.05, 3.63) is 77.2 Å². The Morgan fingerprint density at radius 1 is 0.920 bits per heavy atom. The summed E-state index contributed by atoms with van der Waals surface area (Å²) in [6, 6.07) is 19.6. The number of sulfone groups is 1. The van der Waals surface area contributed by atoms with E-state index < -0.39 is 9.84 Å². The zero-order valence-electron chi connectivity index (χ0n) is 14.2. The van der Waals surface area contributed by atoms with Gasteiger partial charge in [-0.05, 0) is 36.5 Å². The summed E-state index contributed by atoms with van der Waals surface area (Å²) in [5.74, 6) is 0.353. The number of benzene rings is 2. The van der Waals surface area contributed by atoms with Crippen LogP contribution in [0, 0.1) is 5.92 Å². The maximum atomic E-state index is 13.1. The maximum Gasteiger partial charge on any atom is 0.203 e. The van der Waals surface area contributed by atoms with Crippen molar-refractivity contribution in [2.24, 2.45) is 5.92 Å². The lowest BCUT2D eigenvalue weighted by atomic mass is 9.97. The van der Waals surface area contributed by atoms with Gasteiger partial charge < -0.3 is 0 Å². The zero-order chi connectivity index (χ0) is 17.3. The van der Waals surface area contributed by atoms with Crippen LogP contribution >= 0.6 is 0 Å². The molecule has 1 fully saturated rings. The minimum absolute atomic E-state index is 0.353. The number of nitrogens with zero attached hydrogens (tertiary/aromatic N) is 1. The predicted molar refractivity (Wildman–Crippen MR) is 99.7 cm³/mol. The first-order valence-corrected chi connectivity index (χ1v) is 10.4. The van der Waals surface area contributed by atoms with Crippen molar-refractivity contribution < 1.29 is 8.42 Å². The van der Waals surface area contributed by atoms with Crippen molar-refractivity contribution in [3.63, 3.8) is 0 Å². The third-order valence-corrected chi connectivity index (χ3v) is 7.23. The first-order chi connectivity index (χ1) is 12.1. The van der Waals surface area contributed by atoms with E-state index >= 15 is 0 Å². The Morgan fingerprint density at radius 3 is 2.32 bits per heavy atom. The summed E-state index contributed by atoms with van der Waals surface area (Å²) >= 11 is 0. The second kappa shape index (κ2) is 6.77. The molecule has 0 saturated heterocycles. The molecule has 2 aliphatic rings. The molecule has 0 unspecified atom stereocenters. The van der Waals surface area contributed by atoms with E-state index in [2.05, 4.69) is 17.0 Å². The fraction of sp³-hybridized carbons (Fsp3) is 0.333. The molecule has 0 bridgehead atoms. The van der Waals surface area contributed by atoms with Crippen molar-refractivity contribution in [2.45, 2.75) is 36.7 Å². The lowest BCUT2D eigenvalue weighted by molar-refractivity contribution is 0.172. The van der Waals surface area contributed by atoms with Gasteiger partial charge in [-0.1, -0.05) is 61.0 Å². The number of fused-ring (bicyclic) bond motifs is 1. The molecule has 0 N–H and O–H groups in total. The second-order valence-corrected chi connectivity index (χ2v) is 9.00. The lowest BCUT2D eigenvalue weighted by Crippen LogP contribution is -2.42. The van der Waals surface area contributed by atoms with Crippen LogP contribution in [0.3, 0.4) is 0 Å². The van der Waals surface area contributed by atoms with Crippen LogP contribution < -0.4 is 0 Å². The zero-order valence-corrected chi connectivity index (χ0v) is 15.0. The molecule has 1 aliphatic heterocycles. The van der Waals surface area contributed by atoms with Gasteiger partial charge in [0, 0.05) is 19.1 Å². The van der Waals surface area contributed by atoms with E-state index in [-0.39, 0.29) is 0 Å². The smallest absolute Gasteiger partial charge is 0.203 e. The van der Waals surface area contributed by atoms with Gasteiger partial charge in [0.2, 0.25) is 9.84 Å². The number of rotatable bonds is 4. The molecular formula is C21H23NO2S. The van der Waals surface area contributed by atoms with Gasteiger partial charge in [-0.3, -0.25) is 4.90 Å². The Kier molecular flexibility index (Phi) is 4.48. The molecule has 130 valence electrons. The molecule has 2 atom stereocenters. The molecule has 4 rings (SSSR count). The average molecular weight is 353 g/mol. The van der Waals surface area contributed by atoms with Gasteiger partial charge in [0.25, 0.3) is 0 Å². The summed E-state index contributed by atoms with van der Waals surface area (Å²) in [4.78, 5) is 3.33. The van der Waals surface area contributed by atoms with Crippen molar-refractivity contribution in [1.82, 2.24) is 4.90 Å². The lowest BCUT2D eigenvalue weighted by Gasteiger charge is -2.37. The average Bonchev–Trinajstić information content (AvgIpc) is 3.12. The number of hydrogen-bond acceptors (Lipinski definition) is 3. The molecule has 2 aromatic carbocycles. The van der Waals surface area contributed by atoms with E-state index in [0.717, 1.165) is 19.4 Å².